The number of rotatable bonds is 12. The van der Waals surface area contributed by atoms with Gasteiger partial charge in [0, 0.05) is 52.4 Å². The number of nitrogens with one attached hydrogen (secondary N) is 2. The Hall–Kier alpha value is 0.140. The molecule has 30 heavy (non-hydrogen) atoms. The van der Waals surface area contributed by atoms with E-state index in [0.717, 1.165) is 26.2 Å². The molecule has 0 unspecified atom stereocenters. The highest BCUT2D eigenvalue weighted by Gasteiger charge is 2.30. The van der Waals surface area contributed by atoms with Gasteiger partial charge in [-0.05, 0) is 27.7 Å². The van der Waals surface area contributed by atoms with Crippen molar-refractivity contribution in [2.75, 3.05) is 91.4 Å². The average molecular weight is 473 g/mol. The second-order valence-corrected chi connectivity index (χ2v) is 11.0. The third-order valence-corrected chi connectivity index (χ3v) is 8.57. The second kappa shape index (κ2) is 15.9. The highest BCUT2D eigenvalue weighted by atomic mass is 31.2. The fourth-order valence-electron chi connectivity index (χ4n) is 3.20. The average Bonchev–Trinajstić information content (AvgIpc) is 2.66. The zero-order valence-corrected chi connectivity index (χ0v) is 20.9. The fourth-order valence-corrected chi connectivity index (χ4v) is 6.80. The summed E-state index contributed by atoms with van der Waals surface area (Å²) in [5, 5.41) is 6.78. The highest BCUT2D eigenvalue weighted by molar-refractivity contribution is 7.54. The van der Waals surface area contributed by atoms with Crippen LogP contribution in [0.15, 0.2) is 0 Å². The van der Waals surface area contributed by atoms with Gasteiger partial charge in [-0.15, -0.1) is 0 Å². The largest absolute Gasteiger partial charge is 0.344 e. The van der Waals surface area contributed by atoms with Crippen LogP contribution in [0.25, 0.3) is 0 Å². The predicted molar refractivity (Wildman–Crippen MR) is 120 cm³/mol. The van der Waals surface area contributed by atoms with Gasteiger partial charge < -0.3 is 28.7 Å². The van der Waals surface area contributed by atoms with Gasteiger partial charge in [0.1, 0.15) is 12.6 Å². The molecule has 0 radical (unpaired) electrons. The predicted octanol–water partition coefficient (Wildman–Crippen LogP) is 2.23. The standard InChI is InChI=1S/C18H42N4O6P2/c1-5-25-29(23,26-6-2)17-21-13-11-19-9-10-20-12-14-22(16-15-21)18-30(24,27-7-3)28-8-4/h19-20H,5-18H2,1-4H3. The van der Waals surface area contributed by atoms with Crippen LogP contribution < -0.4 is 10.6 Å². The normalized spacial score (nSPS) is 19.3. The first-order valence-electron chi connectivity index (χ1n) is 11.0. The molecule has 0 aromatic carbocycles. The SMILES string of the molecule is CCOP(=O)(CN1CCNCCNCCN(CP(=O)(OCC)OCC)CC1)OCC. The Bertz CT molecular complexity index is 477. The zero-order valence-electron chi connectivity index (χ0n) is 19.1. The Morgan fingerprint density at radius 2 is 0.933 bits per heavy atom. The topological polar surface area (TPSA) is 102 Å². The summed E-state index contributed by atoms with van der Waals surface area (Å²) in [6, 6.07) is 0. The summed E-state index contributed by atoms with van der Waals surface area (Å²) in [4.78, 5) is 4.18. The van der Waals surface area contributed by atoms with Gasteiger partial charge >= 0.3 is 15.2 Å². The van der Waals surface area contributed by atoms with Gasteiger partial charge in [-0.2, -0.15) is 0 Å². The van der Waals surface area contributed by atoms with Crippen LogP contribution in [0.4, 0.5) is 0 Å². The molecule has 0 aromatic rings. The summed E-state index contributed by atoms with van der Waals surface area (Å²) in [7, 11) is -6.37. The minimum Gasteiger partial charge on any atom is -0.314 e. The van der Waals surface area contributed by atoms with Crippen LogP contribution in [0.5, 0.6) is 0 Å². The monoisotopic (exact) mass is 472 g/mol. The van der Waals surface area contributed by atoms with E-state index in [2.05, 4.69) is 20.4 Å². The molecule has 180 valence electrons. The van der Waals surface area contributed by atoms with E-state index in [4.69, 9.17) is 18.1 Å². The molecule has 1 aliphatic rings. The van der Waals surface area contributed by atoms with Crippen molar-refractivity contribution in [3.63, 3.8) is 0 Å². The minimum atomic E-state index is -3.18. The Morgan fingerprint density at radius 3 is 1.23 bits per heavy atom. The molecule has 1 aliphatic heterocycles. The van der Waals surface area contributed by atoms with Gasteiger partial charge in [-0.25, -0.2) is 0 Å². The van der Waals surface area contributed by atoms with Gasteiger partial charge in [0.05, 0.1) is 26.4 Å². The molecule has 0 saturated carbocycles. The highest BCUT2D eigenvalue weighted by Crippen LogP contribution is 2.49. The van der Waals surface area contributed by atoms with Crippen molar-refractivity contribution in [3.05, 3.63) is 0 Å². The quantitative estimate of drug-likeness (QED) is 0.411. The van der Waals surface area contributed by atoms with Crippen LogP contribution in [0.1, 0.15) is 27.7 Å². The number of hydrogen-bond donors (Lipinski definition) is 2. The Kier molecular flexibility index (Phi) is 14.9. The molecule has 0 spiro atoms. The van der Waals surface area contributed by atoms with E-state index in [1.165, 1.54) is 0 Å². The Labute approximate surface area is 182 Å². The Balaban J connectivity index is 2.86. The molecule has 2 N–H and O–H groups in total. The maximum Gasteiger partial charge on any atom is 0.344 e. The lowest BCUT2D eigenvalue weighted by molar-refractivity contribution is 0.172. The van der Waals surface area contributed by atoms with Gasteiger partial charge in [0.15, 0.2) is 0 Å². The van der Waals surface area contributed by atoms with Crippen molar-refractivity contribution >= 4 is 15.2 Å². The van der Waals surface area contributed by atoms with Crippen LogP contribution in [-0.4, -0.2) is 101 Å². The summed E-state index contributed by atoms with van der Waals surface area (Å²) in [6.45, 7) is 14.6. The molecule has 10 nitrogen and oxygen atoms in total. The van der Waals surface area contributed by atoms with Crippen molar-refractivity contribution < 1.29 is 27.2 Å². The molecule has 0 aromatic heterocycles. The first-order valence-corrected chi connectivity index (χ1v) is 14.5. The van der Waals surface area contributed by atoms with Crippen molar-refractivity contribution in [1.29, 1.82) is 0 Å². The van der Waals surface area contributed by atoms with Crippen LogP contribution in [0.2, 0.25) is 0 Å². The molecule has 1 fully saturated rings. The van der Waals surface area contributed by atoms with Gasteiger partial charge in [0.25, 0.3) is 0 Å². The maximum atomic E-state index is 13.0. The van der Waals surface area contributed by atoms with Crippen LogP contribution >= 0.6 is 15.2 Å². The smallest absolute Gasteiger partial charge is 0.314 e. The van der Waals surface area contributed by atoms with E-state index in [0.29, 0.717) is 52.6 Å². The molecular formula is C18H42N4O6P2. The first kappa shape index (κ1) is 28.2. The van der Waals surface area contributed by atoms with Gasteiger partial charge in [-0.1, -0.05) is 0 Å². The van der Waals surface area contributed by atoms with Crippen LogP contribution in [0.3, 0.4) is 0 Å². The third kappa shape index (κ3) is 11.7. The molecule has 1 rings (SSSR count). The van der Waals surface area contributed by atoms with E-state index in [-0.39, 0.29) is 12.6 Å². The molecule has 12 heteroatoms. The van der Waals surface area contributed by atoms with Crippen molar-refractivity contribution in [1.82, 2.24) is 20.4 Å². The van der Waals surface area contributed by atoms with Crippen LogP contribution in [-0.2, 0) is 27.2 Å². The van der Waals surface area contributed by atoms with Crippen LogP contribution in [0, 0.1) is 0 Å². The summed E-state index contributed by atoms with van der Waals surface area (Å²) in [6.07, 6.45) is 0.466. The molecular weight excluding hydrogens is 430 g/mol. The molecule has 0 aliphatic carbocycles. The minimum absolute atomic E-state index is 0.233. The fraction of sp³-hybridized carbons (Fsp3) is 1.00. The second-order valence-electron chi connectivity index (χ2n) is 6.91. The molecule has 1 saturated heterocycles. The Morgan fingerprint density at radius 1 is 0.600 bits per heavy atom. The summed E-state index contributed by atoms with van der Waals surface area (Å²) < 4.78 is 48.0. The van der Waals surface area contributed by atoms with Gasteiger partial charge in [-0.3, -0.25) is 18.9 Å². The lowest BCUT2D eigenvalue weighted by Gasteiger charge is -2.31. The lowest BCUT2D eigenvalue weighted by Crippen LogP contribution is -2.44. The number of nitrogens with zero attached hydrogens (tertiary/aromatic N) is 2. The first-order chi connectivity index (χ1) is 14.4. The van der Waals surface area contributed by atoms with Crippen molar-refractivity contribution in [2.24, 2.45) is 0 Å². The summed E-state index contributed by atoms with van der Waals surface area (Å²) in [5.41, 5.74) is 0. The van der Waals surface area contributed by atoms with E-state index >= 15 is 0 Å². The molecule has 0 amide bonds. The lowest BCUT2D eigenvalue weighted by atomic mass is 10.4. The molecule has 0 bridgehead atoms. The summed E-state index contributed by atoms with van der Waals surface area (Å²) in [5.74, 6) is 0. The zero-order chi connectivity index (χ0) is 22.3. The third-order valence-electron chi connectivity index (χ3n) is 4.47. The number of hydrogen-bond acceptors (Lipinski definition) is 10. The van der Waals surface area contributed by atoms with Gasteiger partial charge in [0.2, 0.25) is 0 Å². The van der Waals surface area contributed by atoms with E-state index in [9.17, 15) is 9.13 Å². The maximum absolute atomic E-state index is 13.0. The molecule has 1 heterocycles. The van der Waals surface area contributed by atoms with E-state index in [1.54, 1.807) is 0 Å². The van der Waals surface area contributed by atoms with E-state index in [1.807, 2.05) is 27.7 Å². The summed E-state index contributed by atoms with van der Waals surface area (Å²) >= 11 is 0. The molecule has 0 atom stereocenters. The van der Waals surface area contributed by atoms with Crippen molar-refractivity contribution in [2.45, 2.75) is 27.7 Å². The van der Waals surface area contributed by atoms with Crippen molar-refractivity contribution in [3.8, 4) is 0 Å². The van der Waals surface area contributed by atoms with E-state index < -0.39 is 15.2 Å².